The molecule has 1 amide bonds. The maximum atomic E-state index is 12.5. The number of amides is 1. The van der Waals surface area contributed by atoms with Crippen LogP contribution < -0.4 is 0 Å². The van der Waals surface area contributed by atoms with Crippen LogP contribution in [0.25, 0.3) is 0 Å². The predicted octanol–water partition coefficient (Wildman–Crippen LogP) is 1.48. The van der Waals surface area contributed by atoms with Crippen molar-refractivity contribution in [3.63, 3.8) is 0 Å². The van der Waals surface area contributed by atoms with Crippen LogP contribution in [0.1, 0.15) is 24.2 Å². The topological polar surface area (TPSA) is 90.0 Å². The molecule has 7 nitrogen and oxygen atoms in total. The molecule has 1 heterocycles. The molecule has 0 N–H and O–H groups in total. The van der Waals surface area contributed by atoms with E-state index in [-0.39, 0.29) is 23.7 Å². The number of carbonyl (C=O) groups is 2. The number of hydrogen-bond donors (Lipinski definition) is 0. The Morgan fingerprint density at radius 1 is 1.19 bits per heavy atom. The Labute approximate surface area is 149 Å². The number of morpholine rings is 1. The van der Waals surface area contributed by atoms with Crippen molar-refractivity contribution in [1.29, 1.82) is 0 Å². The van der Waals surface area contributed by atoms with Gasteiger partial charge in [0.2, 0.25) is 9.84 Å². The zero-order valence-electron chi connectivity index (χ0n) is 14.2. The van der Waals surface area contributed by atoms with Gasteiger partial charge in [0, 0.05) is 13.1 Å². The smallest absolute Gasteiger partial charge is 0.341 e. The van der Waals surface area contributed by atoms with Crippen molar-refractivity contribution in [3.05, 3.63) is 29.8 Å². The first-order valence-electron chi connectivity index (χ1n) is 7.83. The minimum atomic E-state index is -4.73. The number of benzene rings is 1. The summed E-state index contributed by atoms with van der Waals surface area (Å²) in [5, 5.41) is 0. The first-order valence-corrected chi connectivity index (χ1v) is 9.38. The van der Waals surface area contributed by atoms with Crippen molar-refractivity contribution in [2.45, 2.75) is 36.7 Å². The zero-order chi connectivity index (χ0) is 19.5. The molecule has 1 aromatic rings. The zero-order valence-corrected chi connectivity index (χ0v) is 15.0. The lowest BCUT2D eigenvalue weighted by molar-refractivity contribution is -0.146. The molecule has 1 saturated heterocycles. The van der Waals surface area contributed by atoms with Crippen LogP contribution in [-0.2, 0) is 24.1 Å². The molecule has 0 unspecified atom stereocenters. The van der Waals surface area contributed by atoms with Crippen molar-refractivity contribution in [1.82, 2.24) is 4.90 Å². The number of carbonyl (C=O) groups excluding carboxylic acids is 2. The summed E-state index contributed by atoms with van der Waals surface area (Å²) in [5.74, 6) is -4.78. The van der Waals surface area contributed by atoms with Gasteiger partial charge in [0.1, 0.15) is 0 Å². The van der Waals surface area contributed by atoms with Gasteiger partial charge in [0.05, 0.1) is 22.7 Å². The minimum Gasteiger partial charge on any atom is -0.452 e. The molecule has 0 radical (unpaired) electrons. The van der Waals surface area contributed by atoms with Gasteiger partial charge in [0.25, 0.3) is 5.91 Å². The number of ether oxygens (including phenoxy) is 2. The normalized spacial score (nSPS) is 20.9. The molecule has 144 valence electrons. The highest BCUT2D eigenvalue weighted by molar-refractivity contribution is 7.91. The highest BCUT2D eigenvalue weighted by Gasteiger charge is 2.28. The van der Waals surface area contributed by atoms with Gasteiger partial charge in [-0.1, -0.05) is 0 Å². The van der Waals surface area contributed by atoms with E-state index in [0.717, 1.165) is 24.3 Å². The highest BCUT2D eigenvalue weighted by Crippen LogP contribution is 2.19. The molecule has 0 spiro atoms. The van der Waals surface area contributed by atoms with Crippen LogP contribution in [0.2, 0.25) is 0 Å². The maximum Gasteiger partial charge on any atom is 0.341 e. The summed E-state index contributed by atoms with van der Waals surface area (Å²) in [5.41, 5.74) is -0.0465. The standard InChI is InChI=1S/C16H19F2NO6S/c1-10-7-19(8-11(2)25-10)14(20)9-24-15(21)12-3-5-13(6-4-12)26(22,23)16(17)18/h3-6,10-11,16H,7-9H2,1-2H3/t10-,11-/m1/s1. The monoisotopic (exact) mass is 391 g/mol. The molecule has 1 aliphatic rings. The predicted molar refractivity (Wildman–Crippen MR) is 86.5 cm³/mol. The van der Waals surface area contributed by atoms with E-state index in [1.807, 2.05) is 13.8 Å². The first-order chi connectivity index (χ1) is 12.1. The lowest BCUT2D eigenvalue weighted by Gasteiger charge is -2.35. The van der Waals surface area contributed by atoms with E-state index in [4.69, 9.17) is 9.47 Å². The summed E-state index contributed by atoms with van der Waals surface area (Å²) in [6.07, 6.45) is -0.245. The number of halogens is 2. The Morgan fingerprint density at radius 2 is 1.73 bits per heavy atom. The van der Waals surface area contributed by atoms with Crippen molar-refractivity contribution in [2.24, 2.45) is 0 Å². The molecule has 0 saturated carbocycles. The third-order valence-corrected chi connectivity index (χ3v) is 5.15. The van der Waals surface area contributed by atoms with E-state index in [1.165, 1.54) is 4.90 Å². The van der Waals surface area contributed by atoms with Crippen molar-refractivity contribution in [2.75, 3.05) is 19.7 Å². The SMILES string of the molecule is C[C@@H]1CN(C(=O)COC(=O)c2ccc(S(=O)(=O)C(F)F)cc2)C[C@@H](C)O1. The molecule has 0 aromatic heterocycles. The molecule has 1 aliphatic heterocycles. The molecule has 1 aromatic carbocycles. The van der Waals surface area contributed by atoms with Crippen LogP contribution in [0.15, 0.2) is 29.2 Å². The van der Waals surface area contributed by atoms with Gasteiger partial charge in [-0.25, -0.2) is 13.2 Å². The third-order valence-electron chi connectivity index (χ3n) is 3.75. The second-order valence-electron chi connectivity index (χ2n) is 5.96. The van der Waals surface area contributed by atoms with Crippen LogP contribution in [0, 0.1) is 0 Å². The van der Waals surface area contributed by atoms with Crippen molar-refractivity contribution < 1.29 is 36.3 Å². The van der Waals surface area contributed by atoms with E-state index in [9.17, 15) is 26.8 Å². The molecule has 0 aliphatic carbocycles. The Balaban J connectivity index is 1.95. The second kappa shape index (κ2) is 8.09. The van der Waals surface area contributed by atoms with E-state index in [0.29, 0.717) is 13.1 Å². The lowest BCUT2D eigenvalue weighted by atomic mass is 10.2. The lowest BCUT2D eigenvalue weighted by Crippen LogP contribution is -2.49. The van der Waals surface area contributed by atoms with Crippen LogP contribution in [-0.4, -0.2) is 62.9 Å². The minimum absolute atomic E-state index is 0.0465. The molecular formula is C16H19F2NO6S. The largest absolute Gasteiger partial charge is 0.452 e. The summed E-state index contributed by atoms with van der Waals surface area (Å²) in [6, 6.07) is 3.90. The molecule has 2 rings (SSSR count). The Hall–Kier alpha value is -2.07. The van der Waals surface area contributed by atoms with Gasteiger partial charge < -0.3 is 14.4 Å². The highest BCUT2D eigenvalue weighted by atomic mass is 32.2. The van der Waals surface area contributed by atoms with E-state index in [2.05, 4.69) is 0 Å². The second-order valence-corrected chi connectivity index (χ2v) is 7.88. The number of hydrogen-bond acceptors (Lipinski definition) is 6. The van der Waals surface area contributed by atoms with Crippen LogP contribution in [0.4, 0.5) is 8.78 Å². The van der Waals surface area contributed by atoms with Gasteiger partial charge >= 0.3 is 11.7 Å². The molecule has 26 heavy (non-hydrogen) atoms. The summed E-state index contributed by atoms with van der Waals surface area (Å²) in [6.45, 7) is 3.96. The molecular weight excluding hydrogens is 372 g/mol. The van der Waals surface area contributed by atoms with Crippen LogP contribution in [0.3, 0.4) is 0 Å². The number of rotatable bonds is 5. The summed E-state index contributed by atoms with van der Waals surface area (Å²) in [7, 11) is -4.73. The molecule has 0 bridgehead atoms. The van der Waals surface area contributed by atoms with E-state index < -0.39 is 33.1 Å². The number of esters is 1. The Kier molecular flexibility index (Phi) is 6.30. The molecule has 2 atom stereocenters. The van der Waals surface area contributed by atoms with E-state index >= 15 is 0 Å². The molecule has 10 heteroatoms. The Bertz CT molecular complexity index is 755. The Morgan fingerprint density at radius 3 is 2.23 bits per heavy atom. The third kappa shape index (κ3) is 4.76. The number of nitrogens with zero attached hydrogens (tertiary/aromatic N) is 1. The fraction of sp³-hybridized carbons (Fsp3) is 0.500. The number of alkyl halides is 2. The number of sulfone groups is 1. The first kappa shape index (κ1) is 20.2. The van der Waals surface area contributed by atoms with Gasteiger partial charge in [-0.15, -0.1) is 0 Å². The fourth-order valence-electron chi connectivity index (χ4n) is 2.57. The average molecular weight is 391 g/mol. The fourth-order valence-corrected chi connectivity index (χ4v) is 3.29. The average Bonchev–Trinajstić information content (AvgIpc) is 2.58. The van der Waals surface area contributed by atoms with Crippen molar-refractivity contribution in [3.8, 4) is 0 Å². The van der Waals surface area contributed by atoms with E-state index in [1.54, 1.807) is 0 Å². The van der Waals surface area contributed by atoms with Gasteiger partial charge in [-0.2, -0.15) is 8.78 Å². The van der Waals surface area contributed by atoms with Crippen LogP contribution in [0.5, 0.6) is 0 Å². The summed E-state index contributed by atoms with van der Waals surface area (Å²) >= 11 is 0. The van der Waals surface area contributed by atoms with Crippen molar-refractivity contribution >= 4 is 21.7 Å². The van der Waals surface area contributed by atoms with Gasteiger partial charge in [-0.05, 0) is 38.1 Å². The summed E-state index contributed by atoms with van der Waals surface area (Å²) in [4.78, 5) is 25.0. The maximum absolute atomic E-state index is 12.5. The van der Waals surface area contributed by atoms with Gasteiger partial charge in [-0.3, -0.25) is 4.79 Å². The van der Waals surface area contributed by atoms with Crippen LogP contribution >= 0.6 is 0 Å². The summed E-state index contributed by atoms with van der Waals surface area (Å²) < 4.78 is 58.0. The van der Waals surface area contributed by atoms with Gasteiger partial charge in [0.15, 0.2) is 6.61 Å². The quantitative estimate of drug-likeness (QED) is 0.707. The molecule has 1 fully saturated rings.